The van der Waals surface area contributed by atoms with Crippen molar-refractivity contribution >= 4 is 21.9 Å². The van der Waals surface area contributed by atoms with Crippen LogP contribution in [0.25, 0.3) is 0 Å². The molecule has 18 heavy (non-hydrogen) atoms. The summed E-state index contributed by atoms with van der Waals surface area (Å²) in [5.74, 6) is -0.274. The number of methoxy groups -OCH3 is 1. The Morgan fingerprint density at radius 1 is 1.50 bits per heavy atom. The van der Waals surface area contributed by atoms with Crippen molar-refractivity contribution in [2.75, 3.05) is 7.11 Å². The van der Waals surface area contributed by atoms with Crippen molar-refractivity contribution in [1.29, 1.82) is 0 Å². The van der Waals surface area contributed by atoms with Crippen molar-refractivity contribution in [3.8, 4) is 5.75 Å². The van der Waals surface area contributed by atoms with Crippen LogP contribution in [0.3, 0.4) is 0 Å². The van der Waals surface area contributed by atoms with Crippen LogP contribution in [0.2, 0.25) is 0 Å². The second kappa shape index (κ2) is 5.22. The van der Waals surface area contributed by atoms with Crippen molar-refractivity contribution in [2.45, 2.75) is 6.54 Å². The Labute approximate surface area is 112 Å². The Balaban J connectivity index is 2.33. The first-order valence-electron chi connectivity index (χ1n) is 5.19. The van der Waals surface area contributed by atoms with Gasteiger partial charge < -0.3 is 9.84 Å². The van der Waals surface area contributed by atoms with E-state index < -0.39 is 5.97 Å². The van der Waals surface area contributed by atoms with E-state index in [1.807, 2.05) is 18.2 Å². The van der Waals surface area contributed by atoms with Gasteiger partial charge in [0.1, 0.15) is 11.4 Å². The summed E-state index contributed by atoms with van der Waals surface area (Å²) in [4.78, 5) is 11.0. The molecular weight excluding hydrogens is 300 g/mol. The molecule has 94 valence electrons. The van der Waals surface area contributed by atoms with Crippen molar-refractivity contribution in [2.24, 2.45) is 0 Å². The molecular formula is C12H11BrN2O3. The molecule has 0 amide bonds. The minimum Gasteiger partial charge on any atom is -0.497 e. The summed E-state index contributed by atoms with van der Waals surface area (Å²) < 4.78 is 7.46. The first-order valence-corrected chi connectivity index (χ1v) is 5.98. The first kappa shape index (κ1) is 12.6. The number of nitrogens with zero attached hydrogens (tertiary/aromatic N) is 2. The molecule has 1 aromatic carbocycles. The fourth-order valence-corrected chi connectivity index (χ4v) is 1.97. The van der Waals surface area contributed by atoms with Crippen molar-refractivity contribution in [3.63, 3.8) is 0 Å². The van der Waals surface area contributed by atoms with Gasteiger partial charge in [0.05, 0.1) is 13.7 Å². The number of hydrogen-bond acceptors (Lipinski definition) is 3. The lowest BCUT2D eigenvalue weighted by Crippen LogP contribution is -2.11. The zero-order chi connectivity index (χ0) is 13.1. The summed E-state index contributed by atoms with van der Waals surface area (Å²) >= 11 is 3.42. The Bertz CT molecular complexity index is 580. The van der Waals surface area contributed by atoms with E-state index in [9.17, 15) is 4.79 Å². The maximum atomic E-state index is 11.0. The predicted molar refractivity (Wildman–Crippen MR) is 69.0 cm³/mol. The average Bonchev–Trinajstić information content (AvgIpc) is 2.80. The molecule has 1 N–H and O–H groups in total. The fraction of sp³-hybridized carbons (Fsp3) is 0.167. The lowest BCUT2D eigenvalue weighted by molar-refractivity contribution is 0.0684. The fourth-order valence-electron chi connectivity index (χ4n) is 1.60. The van der Waals surface area contributed by atoms with Crippen LogP contribution in [0.5, 0.6) is 5.75 Å². The van der Waals surface area contributed by atoms with E-state index in [4.69, 9.17) is 9.84 Å². The van der Waals surface area contributed by atoms with E-state index in [2.05, 4.69) is 21.0 Å². The van der Waals surface area contributed by atoms with E-state index in [1.54, 1.807) is 7.11 Å². The van der Waals surface area contributed by atoms with Gasteiger partial charge in [0.2, 0.25) is 0 Å². The number of carboxylic acids is 1. The largest absolute Gasteiger partial charge is 0.497 e. The number of halogens is 1. The van der Waals surface area contributed by atoms with E-state index in [-0.39, 0.29) is 5.69 Å². The van der Waals surface area contributed by atoms with Gasteiger partial charge in [-0.3, -0.25) is 4.68 Å². The number of hydrogen-bond donors (Lipinski definition) is 1. The van der Waals surface area contributed by atoms with Crippen LogP contribution in [0.4, 0.5) is 0 Å². The number of aromatic carboxylic acids is 1. The Morgan fingerprint density at radius 2 is 2.28 bits per heavy atom. The third-order valence-corrected chi connectivity index (χ3v) is 3.28. The molecule has 1 aromatic heterocycles. The second-order valence-corrected chi connectivity index (χ2v) is 4.49. The number of carboxylic acid groups (broad SMARTS) is 1. The molecule has 5 nitrogen and oxygen atoms in total. The molecule has 0 spiro atoms. The summed E-state index contributed by atoms with van der Waals surface area (Å²) in [6, 6.07) is 7.00. The van der Waals surface area contributed by atoms with Crippen LogP contribution < -0.4 is 4.74 Å². The summed E-state index contributed by atoms with van der Waals surface area (Å²) in [6.07, 6.45) is 1.47. The molecule has 0 atom stereocenters. The normalized spacial score (nSPS) is 10.3. The molecule has 0 fully saturated rings. The molecule has 0 bridgehead atoms. The van der Waals surface area contributed by atoms with Gasteiger partial charge in [-0.1, -0.05) is 15.9 Å². The minimum atomic E-state index is -0.994. The van der Waals surface area contributed by atoms with Crippen LogP contribution in [-0.2, 0) is 6.54 Å². The lowest BCUT2D eigenvalue weighted by Gasteiger charge is -2.09. The third kappa shape index (κ3) is 2.53. The Kier molecular flexibility index (Phi) is 3.66. The van der Waals surface area contributed by atoms with Crippen LogP contribution in [0.15, 0.2) is 34.9 Å². The molecule has 0 unspecified atom stereocenters. The number of aromatic nitrogens is 2. The van der Waals surface area contributed by atoms with Crippen LogP contribution in [-0.4, -0.2) is 28.0 Å². The third-order valence-electron chi connectivity index (χ3n) is 2.51. The zero-order valence-electron chi connectivity index (χ0n) is 9.63. The van der Waals surface area contributed by atoms with Crippen molar-refractivity contribution in [1.82, 2.24) is 9.78 Å². The molecule has 2 aromatic rings. The van der Waals surface area contributed by atoms with E-state index in [1.165, 1.54) is 16.9 Å². The van der Waals surface area contributed by atoms with Gasteiger partial charge in [-0.05, 0) is 29.8 Å². The number of benzene rings is 1. The maximum Gasteiger partial charge on any atom is 0.354 e. The van der Waals surface area contributed by atoms with Crippen molar-refractivity contribution < 1.29 is 14.6 Å². The first-order chi connectivity index (χ1) is 8.61. The number of carbonyl (C=O) groups is 1. The van der Waals surface area contributed by atoms with E-state index >= 15 is 0 Å². The van der Waals surface area contributed by atoms with E-state index in [0.717, 1.165) is 15.8 Å². The molecule has 0 aliphatic carbocycles. The predicted octanol–water partition coefficient (Wildman–Crippen LogP) is 2.40. The maximum absolute atomic E-state index is 11.0. The smallest absolute Gasteiger partial charge is 0.354 e. The van der Waals surface area contributed by atoms with E-state index in [0.29, 0.717) is 6.54 Å². The zero-order valence-corrected chi connectivity index (χ0v) is 11.2. The summed E-state index contributed by atoms with van der Waals surface area (Å²) in [5.41, 5.74) is 1.06. The quantitative estimate of drug-likeness (QED) is 0.942. The van der Waals surface area contributed by atoms with Gasteiger partial charge >= 0.3 is 5.97 Å². The van der Waals surface area contributed by atoms with Crippen LogP contribution >= 0.6 is 15.9 Å². The minimum absolute atomic E-state index is 0.157. The number of rotatable bonds is 4. The lowest BCUT2D eigenvalue weighted by atomic mass is 10.2. The average molecular weight is 311 g/mol. The van der Waals surface area contributed by atoms with Gasteiger partial charge in [-0.15, -0.1) is 0 Å². The highest BCUT2D eigenvalue weighted by Crippen LogP contribution is 2.23. The van der Waals surface area contributed by atoms with Crippen LogP contribution in [0.1, 0.15) is 16.1 Å². The highest BCUT2D eigenvalue weighted by molar-refractivity contribution is 9.10. The molecule has 6 heteroatoms. The Hall–Kier alpha value is -1.82. The van der Waals surface area contributed by atoms with Gasteiger partial charge in [0, 0.05) is 10.7 Å². The van der Waals surface area contributed by atoms with Gasteiger partial charge in [-0.25, -0.2) is 4.79 Å². The SMILES string of the molecule is COc1ccc(Br)c(Cn2nccc2C(=O)O)c1. The summed E-state index contributed by atoms with van der Waals surface area (Å²) in [7, 11) is 1.59. The molecule has 1 heterocycles. The van der Waals surface area contributed by atoms with Gasteiger partial charge in [-0.2, -0.15) is 5.10 Å². The highest BCUT2D eigenvalue weighted by atomic mass is 79.9. The van der Waals surface area contributed by atoms with Crippen LogP contribution in [0, 0.1) is 0 Å². The standard InChI is InChI=1S/C12H11BrN2O3/c1-18-9-2-3-10(13)8(6-9)7-15-11(12(16)17)4-5-14-15/h2-6H,7H2,1H3,(H,16,17). The summed E-state index contributed by atoms with van der Waals surface area (Å²) in [6.45, 7) is 0.367. The molecule has 0 aliphatic rings. The molecule has 0 radical (unpaired) electrons. The van der Waals surface area contributed by atoms with Crippen molar-refractivity contribution in [3.05, 3.63) is 46.2 Å². The Morgan fingerprint density at radius 3 is 2.94 bits per heavy atom. The topological polar surface area (TPSA) is 64.4 Å². The molecule has 0 saturated carbocycles. The molecule has 0 aliphatic heterocycles. The monoisotopic (exact) mass is 310 g/mol. The second-order valence-electron chi connectivity index (χ2n) is 3.64. The van der Waals surface area contributed by atoms with Gasteiger partial charge in [0.25, 0.3) is 0 Å². The highest BCUT2D eigenvalue weighted by Gasteiger charge is 2.12. The summed E-state index contributed by atoms with van der Waals surface area (Å²) in [5, 5.41) is 13.0. The molecule has 0 saturated heterocycles. The number of ether oxygens (including phenoxy) is 1. The van der Waals surface area contributed by atoms with Gasteiger partial charge in [0.15, 0.2) is 0 Å². The molecule has 2 rings (SSSR count).